The highest BCUT2D eigenvalue weighted by molar-refractivity contribution is 7.99. The predicted molar refractivity (Wildman–Crippen MR) is 94.3 cm³/mol. The van der Waals surface area contributed by atoms with Crippen LogP contribution in [0.25, 0.3) is 11.0 Å². The highest BCUT2D eigenvalue weighted by Gasteiger charge is 2.30. The van der Waals surface area contributed by atoms with Crippen LogP contribution in [-0.2, 0) is 3.79 Å². The molecule has 1 aromatic heterocycles. The van der Waals surface area contributed by atoms with Crippen LogP contribution in [0, 0.1) is 0 Å². The zero-order valence-electron chi connectivity index (χ0n) is 10.9. The molecule has 2 nitrogen and oxygen atoms in total. The van der Waals surface area contributed by atoms with E-state index >= 15 is 0 Å². The number of hydrogen-bond acceptors (Lipinski definition) is 3. The molecule has 2 aromatic carbocycles. The third-order valence-electron chi connectivity index (χ3n) is 2.82. The minimum Gasteiger partial charge on any atom is -0.244 e. The van der Waals surface area contributed by atoms with Gasteiger partial charge in [-0.05, 0) is 30.3 Å². The van der Waals surface area contributed by atoms with Crippen LogP contribution in [0.3, 0.4) is 0 Å². The van der Waals surface area contributed by atoms with Crippen molar-refractivity contribution in [2.24, 2.45) is 0 Å². The van der Waals surface area contributed by atoms with E-state index in [0.717, 1.165) is 10.4 Å². The van der Waals surface area contributed by atoms with Crippen LogP contribution in [0.4, 0.5) is 0 Å². The molecule has 112 valence electrons. The number of halogens is 4. The van der Waals surface area contributed by atoms with E-state index in [2.05, 4.69) is 9.97 Å². The van der Waals surface area contributed by atoms with Crippen molar-refractivity contribution >= 4 is 69.2 Å². The molecule has 0 spiro atoms. The summed E-state index contributed by atoms with van der Waals surface area (Å²) in [5, 5.41) is 1.18. The van der Waals surface area contributed by atoms with Crippen molar-refractivity contribution in [1.82, 2.24) is 9.97 Å². The lowest BCUT2D eigenvalue weighted by Gasteiger charge is -2.15. The summed E-state index contributed by atoms with van der Waals surface area (Å²) in [6.07, 6.45) is 0. The second-order valence-corrected chi connectivity index (χ2v) is 8.20. The molecule has 0 saturated heterocycles. The zero-order valence-corrected chi connectivity index (χ0v) is 14.8. The van der Waals surface area contributed by atoms with Crippen LogP contribution >= 0.6 is 58.2 Å². The van der Waals surface area contributed by atoms with Gasteiger partial charge in [0.05, 0.1) is 11.0 Å². The smallest absolute Gasteiger partial charge is 0.235 e. The molecule has 0 aliphatic carbocycles. The molecule has 3 rings (SSSR count). The minimum absolute atomic E-state index is 0.307. The van der Waals surface area contributed by atoms with Gasteiger partial charge in [-0.2, -0.15) is 0 Å². The molecule has 1 heterocycles. The number of aromatic nitrogens is 2. The highest BCUT2D eigenvalue weighted by atomic mass is 35.6. The number of para-hydroxylation sites is 2. The van der Waals surface area contributed by atoms with Gasteiger partial charge in [0.25, 0.3) is 0 Å². The monoisotopic (exact) mass is 388 g/mol. The molecule has 3 aromatic rings. The molecule has 0 amide bonds. The largest absolute Gasteiger partial charge is 0.244 e. The van der Waals surface area contributed by atoms with Crippen LogP contribution in [0.15, 0.2) is 58.5 Å². The van der Waals surface area contributed by atoms with E-state index in [0.29, 0.717) is 21.3 Å². The summed E-state index contributed by atoms with van der Waals surface area (Å²) in [5.74, 6) is 0. The Bertz CT molecular complexity index is 833. The fourth-order valence-electron chi connectivity index (χ4n) is 1.88. The summed E-state index contributed by atoms with van der Waals surface area (Å²) in [6.45, 7) is 0. The van der Waals surface area contributed by atoms with Gasteiger partial charge in [-0.15, -0.1) is 0 Å². The predicted octanol–water partition coefficient (Wildman–Crippen LogP) is 6.26. The normalized spacial score (nSPS) is 11.8. The Kier molecular flexibility index (Phi) is 4.72. The third-order valence-corrected chi connectivity index (χ3v) is 4.56. The first kappa shape index (κ1) is 16.2. The van der Waals surface area contributed by atoms with Crippen molar-refractivity contribution in [2.75, 3.05) is 0 Å². The van der Waals surface area contributed by atoms with Gasteiger partial charge in [-0.25, -0.2) is 9.97 Å². The Morgan fingerprint density at radius 1 is 0.864 bits per heavy atom. The summed E-state index contributed by atoms with van der Waals surface area (Å²) >= 11 is 25.5. The van der Waals surface area contributed by atoms with Crippen LogP contribution in [0.1, 0.15) is 5.69 Å². The lowest BCUT2D eigenvalue weighted by molar-refractivity contribution is 0.970. The molecule has 22 heavy (non-hydrogen) atoms. The summed E-state index contributed by atoms with van der Waals surface area (Å²) in [4.78, 5) is 9.92. The molecule has 0 radical (unpaired) electrons. The quantitative estimate of drug-likeness (QED) is 0.483. The lowest BCUT2D eigenvalue weighted by atomic mass is 10.3. The Balaban J connectivity index is 2.13. The second-order valence-electron chi connectivity index (χ2n) is 4.42. The van der Waals surface area contributed by atoms with Crippen molar-refractivity contribution in [3.63, 3.8) is 0 Å². The summed E-state index contributed by atoms with van der Waals surface area (Å²) in [5.41, 5.74) is 1.73. The van der Waals surface area contributed by atoms with E-state index < -0.39 is 3.79 Å². The Morgan fingerprint density at radius 2 is 1.55 bits per heavy atom. The second kappa shape index (κ2) is 6.42. The zero-order chi connectivity index (χ0) is 15.7. The maximum atomic E-state index is 6.05. The molecule has 0 fully saturated rings. The molecule has 0 bridgehead atoms. The number of fused-ring (bicyclic) bond motifs is 1. The standard InChI is InChI=1S/C15H8Cl4N2S/c16-9-4-3-5-10(8-9)22-14-13(15(17,18)19)20-11-6-1-2-7-12(11)21-14/h1-8H. The van der Waals surface area contributed by atoms with E-state index in [4.69, 9.17) is 46.4 Å². The SMILES string of the molecule is Clc1cccc(Sc2nc3ccccc3nc2C(Cl)(Cl)Cl)c1. The van der Waals surface area contributed by atoms with Crippen molar-refractivity contribution in [3.05, 3.63) is 59.2 Å². The molecular weight excluding hydrogens is 382 g/mol. The summed E-state index contributed by atoms with van der Waals surface area (Å²) < 4.78 is -1.65. The van der Waals surface area contributed by atoms with E-state index in [9.17, 15) is 0 Å². The fraction of sp³-hybridized carbons (Fsp3) is 0.0667. The Morgan fingerprint density at radius 3 is 2.18 bits per heavy atom. The first-order chi connectivity index (χ1) is 10.4. The highest BCUT2D eigenvalue weighted by Crippen LogP contribution is 2.43. The van der Waals surface area contributed by atoms with E-state index in [-0.39, 0.29) is 0 Å². The molecule has 0 unspecified atom stereocenters. The van der Waals surface area contributed by atoms with E-state index in [1.165, 1.54) is 11.8 Å². The molecule has 7 heteroatoms. The number of rotatable bonds is 2. The number of hydrogen-bond donors (Lipinski definition) is 0. The van der Waals surface area contributed by atoms with Gasteiger partial charge in [0.1, 0.15) is 10.7 Å². The van der Waals surface area contributed by atoms with Gasteiger partial charge in [-0.3, -0.25) is 0 Å². The van der Waals surface area contributed by atoms with Gasteiger partial charge in [0.15, 0.2) is 0 Å². The Hall–Kier alpha value is -0.710. The van der Waals surface area contributed by atoms with Crippen LogP contribution in [0.2, 0.25) is 5.02 Å². The van der Waals surface area contributed by atoms with Gasteiger partial charge in [-0.1, -0.05) is 76.4 Å². The first-order valence-corrected chi connectivity index (χ1v) is 8.54. The molecule has 0 atom stereocenters. The number of nitrogens with zero attached hydrogens (tertiary/aromatic N) is 2. The summed E-state index contributed by atoms with van der Waals surface area (Å²) in [7, 11) is 0. The number of benzene rings is 2. The van der Waals surface area contributed by atoms with Gasteiger partial charge < -0.3 is 0 Å². The topological polar surface area (TPSA) is 25.8 Å². The number of alkyl halides is 3. The molecule has 0 aliphatic rings. The molecule has 0 saturated carbocycles. The first-order valence-electron chi connectivity index (χ1n) is 6.21. The average Bonchev–Trinajstić information content (AvgIpc) is 2.45. The Labute approximate surface area is 151 Å². The lowest BCUT2D eigenvalue weighted by Crippen LogP contribution is -2.08. The molecule has 0 aliphatic heterocycles. The summed E-state index contributed by atoms with van der Waals surface area (Å²) in [6, 6.07) is 14.8. The van der Waals surface area contributed by atoms with Crippen LogP contribution < -0.4 is 0 Å². The fourth-order valence-corrected chi connectivity index (χ4v) is 3.70. The van der Waals surface area contributed by atoms with Crippen LogP contribution in [-0.4, -0.2) is 9.97 Å². The average molecular weight is 390 g/mol. The van der Waals surface area contributed by atoms with E-state index in [1.807, 2.05) is 42.5 Å². The van der Waals surface area contributed by atoms with Crippen molar-refractivity contribution in [3.8, 4) is 0 Å². The molecule has 0 N–H and O–H groups in total. The maximum absolute atomic E-state index is 6.05. The van der Waals surface area contributed by atoms with Crippen molar-refractivity contribution in [2.45, 2.75) is 13.7 Å². The van der Waals surface area contributed by atoms with Crippen LogP contribution in [0.5, 0.6) is 0 Å². The van der Waals surface area contributed by atoms with Crippen molar-refractivity contribution in [1.29, 1.82) is 0 Å². The van der Waals surface area contributed by atoms with Gasteiger partial charge in [0, 0.05) is 9.92 Å². The third kappa shape index (κ3) is 3.61. The maximum Gasteiger partial charge on any atom is 0.235 e. The van der Waals surface area contributed by atoms with Gasteiger partial charge >= 0.3 is 0 Å². The van der Waals surface area contributed by atoms with E-state index in [1.54, 1.807) is 6.07 Å². The molecular formula is C15H8Cl4N2S. The minimum atomic E-state index is -1.65. The van der Waals surface area contributed by atoms with Gasteiger partial charge in [0.2, 0.25) is 3.79 Å². The van der Waals surface area contributed by atoms with Crippen molar-refractivity contribution < 1.29 is 0 Å².